The van der Waals surface area contributed by atoms with Gasteiger partial charge in [-0.3, -0.25) is 4.79 Å². The predicted octanol–water partition coefficient (Wildman–Crippen LogP) is 5.56. The van der Waals surface area contributed by atoms with Crippen LogP contribution in [0.3, 0.4) is 0 Å². The van der Waals surface area contributed by atoms with Crippen LogP contribution in [0.1, 0.15) is 34.9 Å². The first kappa shape index (κ1) is 21.3. The minimum Gasteiger partial charge on any atom is -0.491 e. The molecule has 0 spiro atoms. The lowest BCUT2D eigenvalue weighted by molar-refractivity contribution is -0.117. The van der Waals surface area contributed by atoms with Gasteiger partial charge >= 0.3 is 0 Å². The molecule has 1 saturated heterocycles. The molecule has 1 atom stereocenters. The van der Waals surface area contributed by atoms with E-state index in [1.54, 1.807) is 0 Å². The first-order valence-electron chi connectivity index (χ1n) is 11.5. The molecule has 168 valence electrons. The lowest BCUT2D eigenvalue weighted by Gasteiger charge is -2.19. The Morgan fingerprint density at radius 2 is 1.76 bits per heavy atom. The molecule has 0 bridgehead atoms. The average Bonchev–Trinajstić information content (AvgIpc) is 3.37. The zero-order chi connectivity index (χ0) is 22.9. The van der Waals surface area contributed by atoms with Crippen LogP contribution in [0.5, 0.6) is 5.75 Å². The summed E-state index contributed by atoms with van der Waals surface area (Å²) in [6.45, 7) is 8.06. The van der Waals surface area contributed by atoms with Crippen LogP contribution in [0.25, 0.3) is 11.0 Å². The molecule has 5 rings (SSSR count). The minimum atomic E-state index is 0.0465. The van der Waals surface area contributed by atoms with E-state index < -0.39 is 0 Å². The number of benzene rings is 3. The van der Waals surface area contributed by atoms with Gasteiger partial charge in [0, 0.05) is 24.6 Å². The summed E-state index contributed by atoms with van der Waals surface area (Å²) in [5.74, 6) is 2.08. The third kappa shape index (κ3) is 4.11. The highest BCUT2D eigenvalue weighted by atomic mass is 16.5. The molecule has 4 aromatic rings. The molecule has 0 aliphatic carbocycles. The monoisotopic (exact) mass is 439 g/mol. The molecule has 0 radical (unpaired) electrons. The second-order valence-corrected chi connectivity index (χ2v) is 8.92. The Balaban J connectivity index is 1.42. The van der Waals surface area contributed by atoms with Gasteiger partial charge in [-0.1, -0.05) is 42.5 Å². The van der Waals surface area contributed by atoms with Gasteiger partial charge in [0.05, 0.1) is 17.6 Å². The number of aryl methyl sites for hydroxylation is 3. The quantitative estimate of drug-likeness (QED) is 0.395. The number of para-hydroxylation sites is 3. The zero-order valence-corrected chi connectivity index (χ0v) is 19.4. The largest absolute Gasteiger partial charge is 0.491 e. The molecule has 1 aliphatic rings. The smallest absolute Gasteiger partial charge is 0.227 e. The molecule has 33 heavy (non-hydrogen) atoms. The SMILES string of the molecule is Cc1ccc(C)c(OCCn2c([C@H]3CC(=O)N(c4ccccc4C)C3)nc3ccccc32)c1. The minimum absolute atomic E-state index is 0.0465. The molecule has 1 amide bonds. The van der Waals surface area contributed by atoms with Crippen molar-refractivity contribution in [2.75, 3.05) is 18.1 Å². The fourth-order valence-corrected chi connectivity index (χ4v) is 4.73. The van der Waals surface area contributed by atoms with Gasteiger partial charge in [0.15, 0.2) is 0 Å². The number of carbonyl (C=O) groups excluding carboxylic acids is 1. The first-order valence-corrected chi connectivity index (χ1v) is 11.5. The first-order chi connectivity index (χ1) is 16.0. The van der Waals surface area contributed by atoms with Gasteiger partial charge in [-0.15, -0.1) is 0 Å². The molecule has 0 saturated carbocycles. The van der Waals surface area contributed by atoms with Crippen molar-refractivity contribution >= 4 is 22.6 Å². The molecule has 1 fully saturated rings. The predicted molar refractivity (Wildman–Crippen MR) is 132 cm³/mol. The van der Waals surface area contributed by atoms with Gasteiger partial charge in [0.25, 0.3) is 0 Å². The molecule has 0 N–H and O–H groups in total. The number of carbonyl (C=O) groups is 1. The normalized spacial score (nSPS) is 16.0. The number of hydrogen-bond donors (Lipinski definition) is 0. The molecule has 1 aromatic heterocycles. The van der Waals surface area contributed by atoms with Gasteiger partial charge < -0.3 is 14.2 Å². The van der Waals surface area contributed by atoms with Gasteiger partial charge in [-0.25, -0.2) is 4.98 Å². The van der Waals surface area contributed by atoms with Crippen molar-refractivity contribution in [3.63, 3.8) is 0 Å². The number of hydrogen-bond acceptors (Lipinski definition) is 3. The fourth-order valence-electron chi connectivity index (χ4n) is 4.73. The van der Waals surface area contributed by atoms with E-state index in [2.05, 4.69) is 55.7 Å². The molecule has 1 aliphatic heterocycles. The van der Waals surface area contributed by atoms with E-state index in [0.29, 0.717) is 26.1 Å². The maximum Gasteiger partial charge on any atom is 0.227 e. The Hall–Kier alpha value is -3.60. The lowest BCUT2D eigenvalue weighted by atomic mass is 10.1. The summed E-state index contributed by atoms with van der Waals surface area (Å²) < 4.78 is 8.39. The third-order valence-corrected chi connectivity index (χ3v) is 6.50. The molecule has 0 unspecified atom stereocenters. The standard InChI is InChI=1S/C28H29N3O2/c1-19-12-13-21(3)26(16-19)33-15-14-30-25-11-7-5-9-23(25)29-28(30)22-17-27(32)31(18-22)24-10-6-4-8-20(24)2/h4-13,16,22H,14-15,17-18H2,1-3H3/t22-/m0/s1. The van der Waals surface area contributed by atoms with Crippen LogP contribution >= 0.6 is 0 Å². The maximum atomic E-state index is 13.0. The Kier molecular flexibility index (Phi) is 5.63. The van der Waals surface area contributed by atoms with E-state index in [1.807, 2.05) is 41.3 Å². The van der Waals surface area contributed by atoms with Crippen molar-refractivity contribution in [2.45, 2.75) is 39.7 Å². The van der Waals surface area contributed by atoms with Crippen molar-refractivity contribution in [3.8, 4) is 5.75 Å². The van der Waals surface area contributed by atoms with Crippen molar-refractivity contribution in [1.82, 2.24) is 9.55 Å². The van der Waals surface area contributed by atoms with Crippen LogP contribution in [0.4, 0.5) is 5.69 Å². The Labute approximate surface area is 194 Å². The fraction of sp³-hybridized carbons (Fsp3) is 0.286. The van der Waals surface area contributed by atoms with Crippen LogP contribution in [-0.4, -0.2) is 28.6 Å². The van der Waals surface area contributed by atoms with Crippen LogP contribution < -0.4 is 9.64 Å². The van der Waals surface area contributed by atoms with E-state index in [-0.39, 0.29) is 11.8 Å². The second kappa shape index (κ2) is 8.74. The van der Waals surface area contributed by atoms with Gasteiger partial charge in [-0.05, 0) is 61.7 Å². The van der Waals surface area contributed by atoms with E-state index >= 15 is 0 Å². The van der Waals surface area contributed by atoms with Crippen LogP contribution in [0, 0.1) is 20.8 Å². The number of nitrogens with zero attached hydrogens (tertiary/aromatic N) is 3. The topological polar surface area (TPSA) is 47.4 Å². The number of anilines is 1. The summed E-state index contributed by atoms with van der Waals surface area (Å²) >= 11 is 0. The van der Waals surface area contributed by atoms with E-state index in [0.717, 1.165) is 39.4 Å². The van der Waals surface area contributed by atoms with Crippen LogP contribution in [0.2, 0.25) is 0 Å². The maximum absolute atomic E-state index is 13.0. The van der Waals surface area contributed by atoms with E-state index in [4.69, 9.17) is 9.72 Å². The molecule has 2 heterocycles. The third-order valence-electron chi connectivity index (χ3n) is 6.50. The zero-order valence-electron chi connectivity index (χ0n) is 19.4. The molecular formula is C28H29N3O2. The number of aromatic nitrogens is 2. The van der Waals surface area contributed by atoms with Gasteiger partial charge in [-0.2, -0.15) is 0 Å². The summed E-state index contributed by atoms with van der Waals surface area (Å²) in [5, 5.41) is 0. The summed E-state index contributed by atoms with van der Waals surface area (Å²) in [6.07, 6.45) is 0.468. The van der Waals surface area contributed by atoms with Crippen LogP contribution in [0.15, 0.2) is 66.7 Å². The molecule has 5 heteroatoms. The average molecular weight is 440 g/mol. The van der Waals surface area contributed by atoms with Gasteiger partial charge in [0.2, 0.25) is 5.91 Å². The summed E-state index contributed by atoms with van der Waals surface area (Å²) in [5.41, 5.74) is 6.46. The number of imidazole rings is 1. The lowest BCUT2D eigenvalue weighted by Crippen LogP contribution is -2.25. The molecular weight excluding hydrogens is 410 g/mol. The Morgan fingerprint density at radius 3 is 2.61 bits per heavy atom. The second-order valence-electron chi connectivity index (χ2n) is 8.92. The van der Waals surface area contributed by atoms with E-state index in [9.17, 15) is 4.79 Å². The van der Waals surface area contributed by atoms with Crippen molar-refractivity contribution in [2.24, 2.45) is 0 Å². The number of rotatable bonds is 6. The van der Waals surface area contributed by atoms with E-state index in [1.165, 1.54) is 5.56 Å². The summed E-state index contributed by atoms with van der Waals surface area (Å²) in [4.78, 5) is 19.8. The highest BCUT2D eigenvalue weighted by Crippen LogP contribution is 2.34. The van der Waals surface area contributed by atoms with Crippen molar-refractivity contribution < 1.29 is 9.53 Å². The van der Waals surface area contributed by atoms with Crippen molar-refractivity contribution in [3.05, 3.63) is 89.2 Å². The Morgan fingerprint density at radius 1 is 0.970 bits per heavy atom. The highest BCUT2D eigenvalue weighted by molar-refractivity contribution is 5.97. The number of fused-ring (bicyclic) bond motifs is 1. The molecule has 3 aromatic carbocycles. The number of amides is 1. The molecule has 5 nitrogen and oxygen atoms in total. The summed E-state index contributed by atoms with van der Waals surface area (Å²) in [7, 11) is 0. The van der Waals surface area contributed by atoms with Crippen molar-refractivity contribution in [1.29, 1.82) is 0 Å². The summed E-state index contributed by atoms with van der Waals surface area (Å²) in [6, 6.07) is 22.5. The van der Waals surface area contributed by atoms with Crippen LogP contribution in [-0.2, 0) is 11.3 Å². The highest BCUT2D eigenvalue weighted by Gasteiger charge is 2.35. The van der Waals surface area contributed by atoms with Gasteiger partial charge in [0.1, 0.15) is 18.2 Å². The Bertz CT molecular complexity index is 1320. The number of ether oxygens (including phenoxy) is 1.